The van der Waals surface area contributed by atoms with E-state index in [1.165, 1.54) is 19.3 Å². The largest absolute Gasteiger partial charge is 0.382 e. The standard InChI is InChI=1S/C16H23N5O2/c17-14-6-13(18-19-14)16(23)20-8-11-4-5-12(9-20)21(15(11)22)7-10-2-1-3-10/h6,10-12H,1-5,7-9H2,(H3,17,18,19)/t11-,12+/m1/s1. The van der Waals surface area contributed by atoms with Crippen LogP contribution in [0, 0.1) is 11.8 Å². The van der Waals surface area contributed by atoms with Crippen molar-refractivity contribution in [3.63, 3.8) is 0 Å². The number of piperidine rings is 1. The molecule has 0 aromatic carbocycles. The van der Waals surface area contributed by atoms with E-state index < -0.39 is 0 Å². The lowest BCUT2D eigenvalue weighted by atomic mass is 9.83. The van der Waals surface area contributed by atoms with E-state index in [9.17, 15) is 9.59 Å². The van der Waals surface area contributed by atoms with Gasteiger partial charge in [-0.25, -0.2) is 0 Å². The molecule has 1 aliphatic carbocycles. The summed E-state index contributed by atoms with van der Waals surface area (Å²) >= 11 is 0. The van der Waals surface area contributed by atoms with Crippen LogP contribution in [0.3, 0.4) is 0 Å². The van der Waals surface area contributed by atoms with Crippen molar-refractivity contribution in [3.8, 4) is 0 Å². The molecule has 4 aliphatic rings. The van der Waals surface area contributed by atoms with Gasteiger partial charge in [0, 0.05) is 31.7 Å². The monoisotopic (exact) mass is 317 g/mol. The van der Waals surface area contributed by atoms with Gasteiger partial charge in [-0.05, 0) is 31.6 Å². The van der Waals surface area contributed by atoms with E-state index in [0.29, 0.717) is 30.5 Å². The van der Waals surface area contributed by atoms with E-state index in [2.05, 4.69) is 15.1 Å². The quantitative estimate of drug-likeness (QED) is 0.864. The maximum atomic E-state index is 12.7. The number of nitrogens with one attached hydrogen (secondary N) is 1. The second kappa shape index (κ2) is 5.54. The Labute approximate surface area is 135 Å². The zero-order chi connectivity index (χ0) is 16.0. The number of rotatable bonds is 3. The predicted molar refractivity (Wildman–Crippen MR) is 84.5 cm³/mol. The molecule has 0 radical (unpaired) electrons. The van der Waals surface area contributed by atoms with Crippen LogP contribution in [0.5, 0.6) is 0 Å². The lowest BCUT2D eigenvalue weighted by Gasteiger charge is -2.40. The number of nitrogens with zero attached hydrogens (tertiary/aromatic N) is 3. The minimum atomic E-state index is -0.107. The Morgan fingerprint density at radius 1 is 1.30 bits per heavy atom. The number of nitrogens with two attached hydrogens (primary N) is 1. The molecule has 2 amide bonds. The van der Waals surface area contributed by atoms with Crippen LogP contribution in [0.4, 0.5) is 5.82 Å². The van der Waals surface area contributed by atoms with Gasteiger partial charge in [-0.15, -0.1) is 0 Å². The summed E-state index contributed by atoms with van der Waals surface area (Å²) in [5, 5.41) is 6.51. The zero-order valence-corrected chi connectivity index (χ0v) is 13.2. The van der Waals surface area contributed by atoms with Gasteiger partial charge in [0.1, 0.15) is 11.5 Å². The minimum Gasteiger partial charge on any atom is -0.382 e. The first-order valence-electron chi connectivity index (χ1n) is 8.52. The lowest BCUT2D eigenvalue weighted by Crippen LogP contribution is -2.50. The van der Waals surface area contributed by atoms with Crippen LogP contribution in [0.25, 0.3) is 0 Å². The molecular formula is C16H23N5O2. The normalized spacial score (nSPS) is 27.9. The van der Waals surface area contributed by atoms with Gasteiger partial charge in [-0.2, -0.15) is 5.10 Å². The van der Waals surface area contributed by atoms with Gasteiger partial charge in [0.25, 0.3) is 5.91 Å². The highest BCUT2D eigenvalue weighted by atomic mass is 16.2. The minimum absolute atomic E-state index is 0.0574. The van der Waals surface area contributed by atoms with Crippen molar-refractivity contribution in [2.45, 2.75) is 38.1 Å². The number of hydrogen-bond acceptors (Lipinski definition) is 4. The molecule has 7 heteroatoms. The van der Waals surface area contributed by atoms with Gasteiger partial charge in [-0.3, -0.25) is 14.7 Å². The smallest absolute Gasteiger partial charge is 0.272 e. The molecule has 3 saturated heterocycles. The molecule has 4 heterocycles. The van der Waals surface area contributed by atoms with Gasteiger partial charge < -0.3 is 15.5 Å². The topological polar surface area (TPSA) is 95.3 Å². The third-order valence-electron chi connectivity index (χ3n) is 5.59. The average molecular weight is 317 g/mol. The summed E-state index contributed by atoms with van der Waals surface area (Å²) in [4.78, 5) is 29.3. The Kier molecular flexibility index (Phi) is 3.50. The van der Waals surface area contributed by atoms with Crippen molar-refractivity contribution in [3.05, 3.63) is 11.8 Å². The highest BCUT2D eigenvalue weighted by molar-refractivity contribution is 5.94. The number of carbonyl (C=O) groups is 2. The summed E-state index contributed by atoms with van der Waals surface area (Å²) < 4.78 is 0. The average Bonchev–Trinajstić information content (AvgIpc) is 2.75. The van der Waals surface area contributed by atoms with Crippen molar-refractivity contribution in [2.24, 2.45) is 11.8 Å². The fraction of sp³-hybridized carbons (Fsp3) is 0.688. The van der Waals surface area contributed by atoms with E-state index >= 15 is 0 Å². The Hall–Kier alpha value is -2.05. The summed E-state index contributed by atoms with van der Waals surface area (Å²) in [5.41, 5.74) is 5.99. The van der Waals surface area contributed by atoms with Crippen molar-refractivity contribution in [1.82, 2.24) is 20.0 Å². The third-order valence-corrected chi connectivity index (χ3v) is 5.59. The predicted octanol–water partition coefficient (Wildman–Crippen LogP) is 0.855. The molecule has 124 valence electrons. The summed E-state index contributed by atoms with van der Waals surface area (Å²) in [6.07, 6.45) is 5.64. The molecule has 7 nitrogen and oxygen atoms in total. The summed E-state index contributed by atoms with van der Waals surface area (Å²) in [5.74, 6) is 1.05. The Morgan fingerprint density at radius 2 is 2.13 bits per heavy atom. The molecule has 23 heavy (non-hydrogen) atoms. The fourth-order valence-corrected chi connectivity index (χ4v) is 4.02. The second-order valence-corrected chi connectivity index (χ2v) is 7.13. The third kappa shape index (κ3) is 2.58. The van der Waals surface area contributed by atoms with Crippen LogP contribution in [0.15, 0.2) is 6.07 Å². The highest BCUT2D eigenvalue weighted by Crippen LogP contribution is 2.34. The van der Waals surface area contributed by atoms with Crippen molar-refractivity contribution in [1.29, 1.82) is 0 Å². The molecule has 2 atom stereocenters. The maximum Gasteiger partial charge on any atom is 0.272 e. The van der Waals surface area contributed by atoms with Gasteiger partial charge in [0.15, 0.2) is 0 Å². The first kappa shape index (κ1) is 14.5. The number of fused-ring (bicyclic) bond motifs is 4. The fourth-order valence-electron chi connectivity index (χ4n) is 4.02. The number of H-pyrrole nitrogens is 1. The van der Waals surface area contributed by atoms with Crippen molar-refractivity contribution >= 4 is 17.6 Å². The molecule has 1 aromatic rings. The number of aromatic amines is 1. The number of carbonyl (C=O) groups excluding carboxylic acids is 2. The van der Waals surface area contributed by atoms with Crippen molar-refractivity contribution < 1.29 is 9.59 Å². The molecule has 3 N–H and O–H groups in total. The lowest BCUT2D eigenvalue weighted by molar-refractivity contribution is -0.141. The van der Waals surface area contributed by atoms with Crippen LogP contribution >= 0.6 is 0 Å². The molecule has 4 fully saturated rings. The van der Waals surface area contributed by atoms with Gasteiger partial charge in [0.05, 0.1) is 5.92 Å². The molecule has 5 rings (SSSR count). The molecular weight excluding hydrogens is 294 g/mol. The van der Waals surface area contributed by atoms with E-state index in [4.69, 9.17) is 5.73 Å². The van der Waals surface area contributed by atoms with E-state index in [1.807, 2.05) is 0 Å². The Balaban J connectivity index is 1.52. The van der Waals surface area contributed by atoms with Crippen LogP contribution in [-0.4, -0.2) is 57.5 Å². The number of anilines is 1. The van der Waals surface area contributed by atoms with Crippen LogP contribution < -0.4 is 5.73 Å². The van der Waals surface area contributed by atoms with Gasteiger partial charge in [0.2, 0.25) is 5.91 Å². The number of aromatic nitrogens is 2. The number of nitrogen functional groups attached to an aromatic ring is 1. The molecule has 1 aromatic heterocycles. The van der Waals surface area contributed by atoms with Crippen LogP contribution in [-0.2, 0) is 4.79 Å². The number of amides is 2. The van der Waals surface area contributed by atoms with Crippen LogP contribution in [0.1, 0.15) is 42.6 Å². The highest BCUT2D eigenvalue weighted by Gasteiger charge is 2.43. The second-order valence-electron chi connectivity index (χ2n) is 7.13. The summed E-state index contributed by atoms with van der Waals surface area (Å²) in [6.45, 7) is 2.00. The summed E-state index contributed by atoms with van der Waals surface area (Å²) in [7, 11) is 0. The SMILES string of the molecule is Nc1cc(C(=O)N2C[C@H]3CC[C@@H](C2)N(CC2CCC2)C3=O)[nH]n1. The summed E-state index contributed by atoms with van der Waals surface area (Å²) in [6, 6.07) is 1.72. The zero-order valence-electron chi connectivity index (χ0n) is 13.2. The van der Waals surface area contributed by atoms with Gasteiger partial charge >= 0.3 is 0 Å². The first-order valence-corrected chi connectivity index (χ1v) is 8.52. The van der Waals surface area contributed by atoms with Crippen molar-refractivity contribution in [2.75, 3.05) is 25.4 Å². The Bertz CT molecular complexity index is 624. The molecule has 1 saturated carbocycles. The molecule has 2 bridgehead atoms. The molecule has 0 unspecified atom stereocenters. The Morgan fingerprint density at radius 3 is 2.78 bits per heavy atom. The van der Waals surface area contributed by atoms with Crippen LogP contribution in [0.2, 0.25) is 0 Å². The first-order chi connectivity index (χ1) is 11.1. The molecule has 3 aliphatic heterocycles. The van der Waals surface area contributed by atoms with E-state index in [0.717, 1.165) is 19.4 Å². The maximum absolute atomic E-state index is 12.7. The van der Waals surface area contributed by atoms with Gasteiger partial charge in [-0.1, -0.05) is 6.42 Å². The van der Waals surface area contributed by atoms with E-state index in [-0.39, 0.29) is 23.8 Å². The number of hydrogen-bond donors (Lipinski definition) is 2. The van der Waals surface area contributed by atoms with E-state index in [1.54, 1.807) is 11.0 Å². The molecule has 0 spiro atoms.